The number of nitrogens with zero attached hydrogens (tertiary/aromatic N) is 2. The van der Waals surface area contributed by atoms with Gasteiger partial charge in [0.1, 0.15) is 0 Å². The molecule has 0 atom stereocenters. The van der Waals surface area contributed by atoms with Crippen LogP contribution in [0.2, 0.25) is 0 Å². The van der Waals surface area contributed by atoms with Crippen LogP contribution in [0.15, 0.2) is 72.8 Å². The van der Waals surface area contributed by atoms with Gasteiger partial charge in [-0.25, -0.2) is 4.79 Å². The zero-order valence-corrected chi connectivity index (χ0v) is 22.5. The first kappa shape index (κ1) is 24.9. The minimum atomic E-state index is -1.19. The van der Waals surface area contributed by atoms with Crippen molar-refractivity contribution in [1.29, 1.82) is 0 Å². The van der Waals surface area contributed by atoms with E-state index in [9.17, 15) is 9.59 Å². The molecular weight excluding hydrogens is 470 g/mol. The first-order valence-corrected chi connectivity index (χ1v) is 14.0. The smallest absolute Gasteiger partial charge is 0.315 e. The standard InChI is InChI=1S/C33H37N3O2/c1-24-8-12-27(13-9-24)33(28-14-10-25(2)11-15-28)30(37)36(31(38)34-33)21-5-20-35-22-18-32(19-23-35)17-16-26-6-3-4-7-29(26)32/h3-4,6-15H,5,16-23H2,1-2H3,(H,34,38). The maximum absolute atomic E-state index is 14.0. The van der Waals surface area contributed by atoms with Gasteiger partial charge in [-0.3, -0.25) is 9.69 Å². The summed E-state index contributed by atoms with van der Waals surface area (Å²) in [5.41, 5.74) is 6.09. The fourth-order valence-corrected chi connectivity index (χ4v) is 6.88. The van der Waals surface area contributed by atoms with Gasteiger partial charge < -0.3 is 10.2 Å². The third-order valence-electron chi connectivity index (χ3n) is 9.21. The van der Waals surface area contributed by atoms with E-state index in [1.807, 2.05) is 62.4 Å². The molecule has 196 valence electrons. The van der Waals surface area contributed by atoms with E-state index in [1.54, 1.807) is 5.56 Å². The van der Waals surface area contributed by atoms with Crippen LogP contribution in [0.1, 0.15) is 59.1 Å². The number of carbonyl (C=O) groups excluding carboxylic acids is 2. The zero-order valence-electron chi connectivity index (χ0n) is 22.5. The average molecular weight is 508 g/mol. The number of nitrogens with one attached hydrogen (secondary N) is 1. The van der Waals surface area contributed by atoms with Crippen LogP contribution in [0.5, 0.6) is 0 Å². The van der Waals surface area contributed by atoms with Crippen LogP contribution >= 0.6 is 0 Å². The molecule has 0 bridgehead atoms. The third kappa shape index (κ3) is 4.14. The predicted molar refractivity (Wildman–Crippen MR) is 150 cm³/mol. The highest BCUT2D eigenvalue weighted by molar-refractivity contribution is 6.09. The second-order valence-electron chi connectivity index (χ2n) is 11.5. The number of likely N-dealkylation sites (tertiary alicyclic amines) is 1. The fourth-order valence-electron chi connectivity index (χ4n) is 6.88. The molecule has 6 rings (SSSR count). The van der Waals surface area contributed by atoms with E-state index in [0.29, 0.717) is 12.0 Å². The molecule has 3 aliphatic rings. The molecule has 5 heteroatoms. The Balaban J connectivity index is 1.13. The number of hydrogen-bond acceptors (Lipinski definition) is 3. The van der Waals surface area contributed by atoms with Crippen molar-refractivity contribution < 1.29 is 9.59 Å². The average Bonchev–Trinajstić information content (AvgIpc) is 3.41. The number of amides is 3. The van der Waals surface area contributed by atoms with E-state index >= 15 is 0 Å². The number of rotatable bonds is 6. The van der Waals surface area contributed by atoms with Crippen LogP contribution < -0.4 is 5.32 Å². The van der Waals surface area contributed by atoms with Crippen LogP contribution in [-0.2, 0) is 22.2 Å². The third-order valence-corrected chi connectivity index (χ3v) is 9.21. The van der Waals surface area contributed by atoms with Gasteiger partial charge >= 0.3 is 6.03 Å². The minimum absolute atomic E-state index is 0.185. The summed E-state index contributed by atoms with van der Waals surface area (Å²) in [6.07, 6.45) is 5.63. The van der Waals surface area contributed by atoms with E-state index in [4.69, 9.17) is 0 Å². The van der Waals surface area contributed by atoms with Crippen molar-refractivity contribution in [2.75, 3.05) is 26.2 Å². The lowest BCUT2D eigenvalue weighted by Gasteiger charge is -2.40. The fraction of sp³-hybridized carbons (Fsp3) is 0.394. The van der Waals surface area contributed by atoms with Crippen molar-refractivity contribution in [1.82, 2.24) is 15.1 Å². The van der Waals surface area contributed by atoms with E-state index in [1.165, 1.54) is 36.1 Å². The van der Waals surface area contributed by atoms with Crippen molar-refractivity contribution in [3.63, 3.8) is 0 Å². The molecule has 5 nitrogen and oxygen atoms in total. The Hall–Kier alpha value is -3.44. The Kier molecular flexibility index (Phi) is 6.35. The normalized spacial score (nSPS) is 20.1. The molecule has 2 fully saturated rings. The van der Waals surface area contributed by atoms with Gasteiger partial charge in [-0.1, -0.05) is 83.9 Å². The molecule has 0 radical (unpaired) electrons. The first-order chi connectivity index (χ1) is 18.4. The maximum atomic E-state index is 14.0. The van der Waals surface area contributed by atoms with Crippen molar-refractivity contribution in [2.45, 2.75) is 56.9 Å². The summed E-state index contributed by atoms with van der Waals surface area (Å²) in [4.78, 5) is 31.2. The van der Waals surface area contributed by atoms with Gasteiger partial charge in [0.15, 0.2) is 5.54 Å². The van der Waals surface area contributed by atoms with Gasteiger partial charge in [-0.2, -0.15) is 0 Å². The van der Waals surface area contributed by atoms with Crippen molar-refractivity contribution in [3.8, 4) is 0 Å². The summed E-state index contributed by atoms with van der Waals surface area (Å²) < 4.78 is 0. The molecule has 38 heavy (non-hydrogen) atoms. The topological polar surface area (TPSA) is 52.7 Å². The summed E-state index contributed by atoms with van der Waals surface area (Å²) in [5.74, 6) is -0.185. The number of hydrogen-bond donors (Lipinski definition) is 1. The largest absolute Gasteiger partial charge is 0.325 e. The molecule has 3 aromatic rings. The highest BCUT2D eigenvalue weighted by Crippen LogP contribution is 2.46. The summed E-state index contributed by atoms with van der Waals surface area (Å²) in [5, 5.41) is 3.09. The minimum Gasteiger partial charge on any atom is -0.315 e. The molecule has 2 aliphatic heterocycles. The zero-order chi connectivity index (χ0) is 26.3. The van der Waals surface area contributed by atoms with Crippen LogP contribution in [0, 0.1) is 13.8 Å². The van der Waals surface area contributed by atoms with Crippen LogP contribution in [0.25, 0.3) is 0 Å². The van der Waals surface area contributed by atoms with Gasteiger partial charge in [0.2, 0.25) is 0 Å². The number of aryl methyl sites for hydroxylation is 3. The van der Waals surface area contributed by atoms with Gasteiger partial charge in [0, 0.05) is 6.54 Å². The van der Waals surface area contributed by atoms with Gasteiger partial charge in [-0.05, 0) is 93.3 Å². The molecule has 0 aromatic heterocycles. The number of fused-ring (bicyclic) bond motifs is 2. The van der Waals surface area contributed by atoms with Gasteiger partial charge in [-0.15, -0.1) is 0 Å². The molecule has 1 N–H and O–H groups in total. The molecule has 2 heterocycles. The molecule has 3 amide bonds. The van der Waals surface area contributed by atoms with Crippen LogP contribution in [0.4, 0.5) is 4.79 Å². The highest BCUT2D eigenvalue weighted by atomic mass is 16.2. The summed E-state index contributed by atoms with van der Waals surface area (Å²) in [7, 11) is 0. The quantitative estimate of drug-likeness (QED) is 0.450. The Morgan fingerprint density at radius 3 is 2.00 bits per heavy atom. The Morgan fingerprint density at radius 2 is 1.37 bits per heavy atom. The molecule has 1 aliphatic carbocycles. The van der Waals surface area contributed by atoms with E-state index in [2.05, 4.69) is 34.5 Å². The summed E-state index contributed by atoms with van der Waals surface area (Å²) in [6, 6.07) is 24.5. The van der Waals surface area contributed by atoms with Crippen molar-refractivity contribution in [2.24, 2.45) is 0 Å². The molecule has 1 spiro atoms. The van der Waals surface area contributed by atoms with E-state index < -0.39 is 5.54 Å². The molecule has 3 aromatic carbocycles. The Bertz CT molecular complexity index is 1290. The lowest BCUT2D eigenvalue weighted by Crippen LogP contribution is -2.45. The molecular formula is C33H37N3O2. The monoisotopic (exact) mass is 507 g/mol. The number of imide groups is 1. The second-order valence-corrected chi connectivity index (χ2v) is 11.5. The highest BCUT2D eigenvalue weighted by Gasteiger charge is 2.53. The van der Waals surface area contributed by atoms with Crippen LogP contribution in [0.3, 0.4) is 0 Å². The lowest BCUT2D eigenvalue weighted by atomic mass is 9.74. The number of piperidine rings is 1. The number of urea groups is 1. The van der Waals surface area contributed by atoms with E-state index in [0.717, 1.165) is 48.3 Å². The second kappa shape index (κ2) is 9.70. The van der Waals surface area contributed by atoms with Crippen molar-refractivity contribution >= 4 is 11.9 Å². The molecule has 0 unspecified atom stereocenters. The van der Waals surface area contributed by atoms with Crippen molar-refractivity contribution in [3.05, 3.63) is 106 Å². The molecule has 2 saturated heterocycles. The molecule has 0 saturated carbocycles. The SMILES string of the molecule is Cc1ccc(C2(c3ccc(C)cc3)NC(=O)N(CCCN3CCC4(CCc5ccccc54)CC3)C2=O)cc1. The summed E-state index contributed by atoms with van der Waals surface area (Å²) in [6.45, 7) is 7.52. The maximum Gasteiger partial charge on any atom is 0.325 e. The summed E-state index contributed by atoms with van der Waals surface area (Å²) >= 11 is 0. The lowest BCUT2D eigenvalue weighted by molar-refractivity contribution is -0.130. The van der Waals surface area contributed by atoms with Crippen LogP contribution in [-0.4, -0.2) is 47.9 Å². The Labute approximate surface area is 225 Å². The Morgan fingerprint density at radius 1 is 0.763 bits per heavy atom. The number of carbonyl (C=O) groups is 2. The number of benzene rings is 3. The van der Waals surface area contributed by atoms with E-state index in [-0.39, 0.29) is 11.9 Å². The van der Waals surface area contributed by atoms with Gasteiger partial charge in [0.25, 0.3) is 5.91 Å². The first-order valence-electron chi connectivity index (χ1n) is 14.0. The predicted octanol–water partition coefficient (Wildman–Crippen LogP) is 5.47. The van der Waals surface area contributed by atoms with Gasteiger partial charge in [0.05, 0.1) is 0 Å².